The van der Waals surface area contributed by atoms with Crippen molar-refractivity contribution < 1.29 is 9.72 Å². The van der Waals surface area contributed by atoms with Crippen molar-refractivity contribution in [2.45, 2.75) is 6.92 Å². The highest BCUT2D eigenvalue weighted by molar-refractivity contribution is 6.02. The smallest absolute Gasteiger partial charge is 0.270 e. The van der Waals surface area contributed by atoms with E-state index in [2.05, 4.69) is 5.32 Å². The number of nitrogens with zero attached hydrogens (tertiary/aromatic N) is 1. The number of rotatable bonds is 4. The summed E-state index contributed by atoms with van der Waals surface area (Å²) in [6, 6.07) is 11.6. The maximum Gasteiger partial charge on any atom is 0.270 e. The minimum absolute atomic E-state index is 0.00245. The summed E-state index contributed by atoms with van der Waals surface area (Å²) in [6.07, 6.45) is 0. The van der Waals surface area contributed by atoms with Gasteiger partial charge in [0, 0.05) is 36.0 Å². The molecule has 5 heteroatoms. The van der Waals surface area contributed by atoms with E-state index in [0.29, 0.717) is 16.7 Å². The Labute approximate surface area is 116 Å². The zero-order valence-corrected chi connectivity index (χ0v) is 11.2. The van der Waals surface area contributed by atoms with Crippen LogP contribution in [0.2, 0.25) is 0 Å². The number of Topliss-reactive ketones (excluding diaryl/α,β-unsaturated/α-hetero) is 1. The Hall–Kier alpha value is -2.69. The molecule has 0 radical (unpaired) electrons. The molecule has 20 heavy (non-hydrogen) atoms. The van der Waals surface area contributed by atoms with Gasteiger partial charge in [-0.05, 0) is 18.6 Å². The summed E-state index contributed by atoms with van der Waals surface area (Å²) in [5.41, 5.74) is 2.62. The first-order valence-electron chi connectivity index (χ1n) is 6.11. The van der Waals surface area contributed by atoms with Gasteiger partial charge in [-0.1, -0.05) is 24.3 Å². The maximum absolute atomic E-state index is 11.7. The van der Waals surface area contributed by atoms with Crippen molar-refractivity contribution in [3.05, 3.63) is 58.1 Å². The predicted molar refractivity (Wildman–Crippen MR) is 78.1 cm³/mol. The molecule has 0 heterocycles. The van der Waals surface area contributed by atoms with Crippen molar-refractivity contribution in [2.75, 3.05) is 12.4 Å². The van der Waals surface area contributed by atoms with Crippen LogP contribution in [0, 0.1) is 10.1 Å². The van der Waals surface area contributed by atoms with Gasteiger partial charge in [-0.3, -0.25) is 14.9 Å². The lowest BCUT2D eigenvalue weighted by molar-refractivity contribution is -0.384. The summed E-state index contributed by atoms with van der Waals surface area (Å²) in [4.78, 5) is 22.2. The second-order valence-electron chi connectivity index (χ2n) is 4.34. The highest BCUT2D eigenvalue weighted by atomic mass is 16.6. The third-order valence-corrected chi connectivity index (χ3v) is 3.08. The molecule has 0 atom stereocenters. The van der Waals surface area contributed by atoms with Crippen LogP contribution in [0.4, 0.5) is 11.4 Å². The van der Waals surface area contributed by atoms with Crippen LogP contribution in [0.3, 0.4) is 0 Å². The number of carbonyl (C=O) groups excluding carboxylic acids is 1. The molecule has 102 valence electrons. The summed E-state index contributed by atoms with van der Waals surface area (Å²) in [5, 5.41) is 13.9. The first-order valence-corrected chi connectivity index (χ1v) is 6.11. The second-order valence-corrected chi connectivity index (χ2v) is 4.34. The van der Waals surface area contributed by atoms with Crippen molar-refractivity contribution in [2.24, 2.45) is 0 Å². The van der Waals surface area contributed by atoms with E-state index in [1.165, 1.54) is 19.1 Å². The highest BCUT2D eigenvalue weighted by Gasteiger charge is 2.15. The Kier molecular flexibility index (Phi) is 3.79. The van der Waals surface area contributed by atoms with Crippen LogP contribution in [0.1, 0.15) is 17.3 Å². The summed E-state index contributed by atoms with van der Waals surface area (Å²) >= 11 is 0. The first-order chi connectivity index (χ1) is 9.54. The van der Waals surface area contributed by atoms with E-state index < -0.39 is 4.92 Å². The van der Waals surface area contributed by atoms with E-state index in [4.69, 9.17) is 0 Å². The largest absolute Gasteiger partial charge is 0.388 e. The molecule has 0 amide bonds. The van der Waals surface area contributed by atoms with Gasteiger partial charge in [0.05, 0.1) is 4.92 Å². The number of nitrogens with one attached hydrogen (secondary N) is 1. The van der Waals surface area contributed by atoms with Gasteiger partial charge in [0.1, 0.15) is 0 Å². The molecule has 1 N–H and O–H groups in total. The van der Waals surface area contributed by atoms with Crippen LogP contribution in [0.15, 0.2) is 42.5 Å². The van der Waals surface area contributed by atoms with Gasteiger partial charge in [-0.25, -0.2) is 0 Å². The quantitative estimate of drug-likeness (QED) is 0.524. The SMILES string of the molecule is CNc1ccc([N+](=O)[O-])cc1-c1ccccc1C(C)=O. The molecule has 0 spiro atoms. The topological polar surface area (TPSA) is 72.2 Å². The van der Waals surface area contributed by atoms with Crippen LogP contribution in [-0.2, 0) is 0 Å². The number of nitro groups is 1. The fourth-order valence-electron chi connectivity index (χ4n) is 2.11. The molecule has 2 rings (SSSR count). The number of anilines is 1. The molecule has 0 aliphatic rings. The van der Waals surface area contributed by atoms with Gasteiger partial charge in [0.15, 0.2) is 5.78 Å². The molecule has 5 nitrogen and oxygen atoms in total. The normalized spacial score (nSPS) is 10.1. The van der Waals surface area contributed by atoms with Gasteiger partial charge in [-0.2, -0.15) is 0 Å². The molecule has 0 bridgehead atoms. The lowest BCUT2D eigenvalue weighted by Gasteiger charge is -2.12. The van der Waals surface area contributed by atoms with Crippen LogP contribution >= 0.6 is 0 Å². The van der Waals surface area contributed by atoms with E-state index >= 15 is 0 Å². The van der Waals surface area contributed by atoms with Gasteiger partial charge in [-0.15, -0.1) is 0 Å². The molecular weight excluding hydrogens is 256 g/mol. The van der Waals surface area contributed by atoms with E-state index in [1.807, 2.05) is 0 Å². The number of non-ortho nitro benzene ring substituents is 1. The number of hydrogen-bond donors (Lipinski definition) is 1. The van der Waals surface area contributed by atoms with Crippen molar-refractivity contribution in [1.82, 2.24) is 0 Å². The van der Waals surface area contributed by atoms with Gasteiger partial charge < -0.3 is 5.32 Å². The molecule has 0 aromatic heterocycles. The maximum atomic E-state index is 11.7. The summed E-state index contributed by atoms with van der Waals surface area (Å²) < 4.78 is 0. The minimum Gasteiger partial charge on any atom is -0.388 e. The molecule has 0 unspecified atom stereocenters. The van der Waals surface area contributed by atoms with Gasteiger partial charge >= 0.3 is 0 Å². The Morgan fingerprint density at radius 3 is 2.45 bits per heavy atom. The number of hydrogen-bond acceptors (Lipinski definition) is 4. The molecule has 0 aliphatic carbocycles. The van der Waals surface area contributed by atoms with Gasteiger partial charge in [0.2, 0.25) is 0 Å². The number of nitro benzene ring substituents is 1. The van der Waals surface area contributed by atoms with Gasteiger partial charge in [0.25, 0.3) is 5.69 Å². The Balaban J connectivity index is 2.70. The van der Waals surface area contributed by atoms with Crippen molar-refractivity contribution in [3.63, 3.8) is 0 Å². The van der Waals surface area contributed by atoms with E-state index in [-0.39, 0.29) is 11.5 Å². The van der Waals surface area contributed by atoms with Crippen LogP contribution < -0.4 is 5.32 Å². The fourth-order valence-corrected chi connectivity index (χ4v) is 2.11. The summed E-state index contributed by atoms with van der Waals surface area (Å²) in [7, 11) is 1.74. The highest BCUT2D eigenvalue weighted by Crippen LogP contribution is 2.33. The molecule has 2 aromatic rings. The third-order valence-electron chi connectivity index (χ3n) is 3.08. The Morgan fingerprint density at radius 2 is 1.85 bits per heavy atom. The lowest BCUT2D eigenvalue weighted by Crippen LogP contribution is -1.99. The number of ketones is 1. The van der Waals surface area contributed by atoms with Crippen molar-refractivity contribution in [1.29, 1.82) is 0 Å². The fraction of sp³-hybridized carbons (Fsp3) is 0.133. The standard InChI is InChI=1S/C15H14N2O3/c1-10(18)12-5-3-4-6-13(12)14-9-11(17(19)20)7-8-15(14)16-2/h3-9,16H,1-2H3. The molecule has 2 aromatic carbocycles. The number of carbonyl (C=O) groups is 1. The average Bonchev–Trinajstić information content (AvgIpc) is 2.46. The van der Waals surface area contributed by atoms with E-state index in [9.17, 15) is 14.9 Å². The zero-order chi connectivity index (χ0) is 14.7. The van der Waals surface area contributed by atoms with Crippen molar-refractivity contribution >= 4 is 17.2 Å². The molecular formula is C15H14N2O3. The minimum atomic E-state index is -0.445. The molecule has 0 saturated heterocycles. The summed E-state index contributed by atoms with van der Waals surface area (Å²) in [5.74, 6) is -0.0749. The molecule has 0 fully saturated rings. The van der Waals surface area contributed by atoms with E-state index in [0.717, 1.165) is 5.69 Å². The average molecular weight is 270 g/mol. The number of benzene rings is 2. The molecule has 0 aliphatic heterocycles. The van der Waals surface area contributed by atoms with E-state index in [1.54, 1.807) is 37.4 Å². The predicted octanol–water partition coefficient (Wildman–Crippen LogP) is 3.51. The van der Waals surface area contributed by atoms with Crippen molar-refractivity contribution in [3.8, 4) is 11.1 Å². The van der Waals surface area contributed by atoms with Crippen LogP contribution in [-0.4, -0.2) is 17.8 Å². The third kappa shape index (κ3) is 2.51. The summed E-state index contributed by atoms with van der Waals surface area (Å²) in [6.45, 7) is 1.48. The Morgan fingerprint density at radius 1 is 1.15 bits per heavy atom. The van der Waals surface area contributed by atoms with Crippen LogP contribution in [0.25, 0.3) is 11.1 Å². The zero-order valence-electron chi connectivity index (χ0n) is 11.2. The lowest BCUT2D eigenvalue weighted by atomic mass is 9.96. The van der Waals surface area contributed by atoms with Crippen LogP contribution in [0.5, 0.6) is 0 Å². The Bertz CT molecular complexity index is 681. The molecule has 0 saturated carbocycles. The monoisotopic (exact) mass is 270 g/mol. The second kappa shape index (κ2) is 5.52. The first kappa shape index (κ1) is 13.7.